The van der Waals surface area contributed by atoms with E-state index in [-0.39, 0.29) is 12.2 Å². The van der Waals surface area contributed by atoms with Gasteiger partial charge < -0.3 is 19.2 Å². The van der Waals surface area contributed by atoms with Gasteiger partial charge in [-0.1, -0.05) is 6.42 Å². The van der Waals surface area contributed by atoms with Gasteiger partial charge in [-0.3, -0.25) is 0 Å². The normalized spacial score (nSPS) is 17.3. The summed E-state index contributed by atoms with van der Waals surface area (Å²) in [5.41, 5.74) is 1.03. The summed E-state index contributed by atoms with van der Waals surface area (Å²) in [6, 6.07) is 6.89. The van der Waals surface area contributed by atoms with E-state index in [0.29, 0.717) is 17.9 Å². The average molecular weight is 317 g/mol. The lowest BCUT2D eigenvalue weighted by atomic mass is 10.1. The van der Waals surface area contributed by atoms with Crippen molar-refractivity contribution < 1.29 is 14.3 Å². The Morgan fingerprint density at radius 3 is 2.83 bits per heavy atom. The Bertz CT molecular complexity index is 719. The fourth-order valence-corrected chi connectivity index (χ4v) is 3.08. The number of ether oxygens (including phenoxy) is 1. The molecule has 1 saturated heterocycles. The minimum atomic E-state index is -0.520. The number of likely N-dealkylation sites (tertiary alicyclic amines) is 1. The molecule has 1 aromatic heterocycles. The first-order valence-corrected chi connectivity index (χ1v) is 8.19. The minimum absolute atomic E-state index is 0.234. The Kier molecular flexibility index (Phi) is 4.98. The van der Waals surface area contributed by atoms with E-state index in [2.05, 4.69) is 4.90 Å². The SMILES string of the molecule is Cc1cc(=O)oc2cc(OC[C@@H](O)CN3CCCCC3)ccc12. The molecule has 2 aromatic rings. The molecule has 0 amide bonds. The van der Waals surface area contributed by atoms with Crippen molar-refractivity contribution in [3.8, 4) is 5.75 Å². The zero-order valence-corrected chi connectivity index (χ0v) is 13.5. The van der Waals surface area contributed by atoms with Crippen LogP contribution in [0.5, 0.6) is 5.75 Å². The second-order valence-electron chi connectivity index (χ2n) is 6.23. The summed E-state index contributed by atoms with van der Waals surface area (Å²) in [6.45, 7) is 4.86. The summed E-state index contributed by atoms with van der Waals surface area (Å²) in [6.07, 6.45) is 3.17. The first-order chi connectivity index (χ1) is 11.1. The van der Waals surface area contributed by atoms with Gasteiger partial charge in [0.1, 0.15) is 24.0 Å². The topological polar surface area (TPSA) is 62.9 Å². The summed E-state index contributed by atoms with van der Waals surface area (Å²) in [7, 11) is 0. The van der Waals surface area contributed by atoms with Crippen molar-refractivity contribution in [1.29, 1.82) is 0 Å². The van der Waals surface area contributed by atoms with Crippen LogP contribution in [-0.4, -0.2) is 42.4 Å². The lowest BCUT2D eigenvalue weighted by molar-refractivity contribution is 0.0617. The Hall–Kier alpha value is -1.85. The lowest BCUT2D eigenvalue weighted by Crippen LogP contribution is -2.38. The molecule has 0 unspecified atom stereocenters. The van der Waals surface area contributed by atoms with Crippen LogP contribution in [0.1, 0.15) is 24.8 Å². The molecule has 1 atom stereocenters. The number of hydrogen-bond acceptors (Lipinski definition) is 5. The summed E-state index contributed by atoms with van der Waals surface area (Å²) in [4.78, 5) is 13.7. The molecule has 3 rings (SSSR count). The molecule has 0 bridgehead atoms. The first kappa shape index (κ1) is 16.0. The molecule has 2 heterocycles. The largest absolute Gasteiger partial charge is 0.491 e. The number of aryl methyl sites for hydroxylation is 1. The number of β-amino-alcohol motifs (C(OH)–C–C–N with tert-alkyl or cyclic N) is 1. The van der Waals surface area contributed by atoms with Crippen LogP contribution in [0.2, 0.25) is 0 Å². The second kappa shape index (κ2) is 7.15. The number of rotatable bonds is 5. The third-order valence-corrected chi connectivity index (χ3v) is 4.28. The summed E-state index contributed by atoms with van der Waals surface area (Å²) < 4.78 is 10.9. The van der Waals surface area contributed by atoms with Gasteiger partial charge in [-0.2, -0.15) is 0 Å². The van der Waals surface area contributed by atoms with Gasteiger partial charge >= 0.3 is 5.63 Å². The average Bonchev–Trinajstić information content (AvgIpc) is 2.53. The number of nitrogens with zero attached hydrogens (tertiary/aromatic N) is 1. The summed E-state index contributed by atoms with van der Waals surface area (Å²) in [5.74, 6) is 0.601. The van der Waals surface area contributed by atoms with Crippen molar-refractivity contribution >= 4 is 11.0 Å². The fraction of sp³-hybridized carbons (Fsp3) is 0.500. The number of aliphatic hydroxyl groups excluding tert-OH is 1. The van der Waals surface area contributed by atoms with Crippen LogP contribution in [0.3, 0.4) is 0 Å². The van der Waals surface area contributed by atoms with E-state index >= 15 is 0 Å². The van der Waals surface area contributed by atoms with Crippen molar-refractivity contribution in [2.45, 2.75) is 32.3 Å². The highest BCUT2D eigenvalue weighted by Gasteiger charge is 2.15. The van der Waals surface area contributed by atoms with Gasteiger partial charge in [-0.15, -0.1) is 0 Å². The molecule has 124 valence electrons. The number of benzene rings is 1. The standard InChI is InChI=1S/C18H23NO4/c1-13-9-18(21)23-17-10-15(5-6-16(13)17)22-12-14(20)11-19-7-3-2-4-8-19/h5-6,9-10,14,20H,2-4,7-8,11-12H2,1H3/t14-/m0/s1. The molecule has 5 heteroatoms. The highest BCUT2D eigenvalue weighted by atomic mass is 16.5. The van der Waals surface area contributed by atoms with Crippen LogP contribution in [0.4, 0.5) is 0 Å². The van der Waals surface area contributed by atoms with E-state index in [9.17, 15) is 9.90 Å². The zero-order valence-electron chi connectivity index (χ0n) is 13.5. The molecule has 0 saturated carbocycles. The van der Waals surface area contributed by atoms with Crippen LogP contribution in [0, 0.1) is 6.92 Å². The molecular weight excluding hydrogens is 294 g/mol. The van der Waals surface area contributed by atoms with Crippen molar-refractivity contribution in [3.05, 3.63) is 40.2 Å². The van der Waals surface area contributed by atoms with E-state index < -0.39 is 6.10 Å². The molecule has 0 spiro atoms. The van der Waals surface area contributed by atoms with E-state index in [0.717, 1.165) is 24.0 Å². The number of aliphatic hydroxyl groups is 1. The monoisotopic (exact) mass is 317 g/mol. The van der Waals surface area contributed by atoms with Crippen molar-refractivity contribution in [2.75, 3.05) is 26.2 Å². The van der Waals surface area contributed by atoms with Crippen LogP contribution >= 0.6 is 0 Å². The molecule has 1 fully saturated rings. The lowest BCUT2D eigenvalue weighted by Gasteiger charge is -2.28. The predicted molar refractivity (Wildman–Crippen MR) is 89.0 cm³/mol. The minimum Gasteiger partial charge on any atom is -0.491 e. The Labute approximate surface area is 135 Å². The number of piperidine rings is 1. The molecule has 0 radical (unpaired) electrons. The smallest absolute Gasteiger partial charge is 0.336 e. The summed E-state index contributed by atoms with van der Waals surface area (Å²) >= 11 is 0. The highest BCUT2D eigenvalue weighted by molar-refractivity contribution is 5.81. The maximum Gasteiger partial charge on any atom is 0.336 e. The Morgan fingerprint density at radius 1 is 1.26 bits per heavy atom. The number of fused-ring (bicyclic) bond motifs is 1. The van der Waals surface area contributed by atoms with Gasteiger partial charge in [0.05, 0.1) is 0 Å². The Balaban J connectivity index is 1.61. The van der Waals surface area contributed by atoms with Crippen LogP contribution < -0.4 is 10.4 Å². The summed E-state index contributed by atoms with van der Waals surface area (Å²) in [5, 5.41) is 11.0. The zero-order chi connectivity index (χ0) is 16.2. The molecule has 1 aromatic carbocycles. The predicted octanol–water partition coefficient (Wildman–Crippen LogP) is 2.33. The van der Waals surface area contributed by atoms with Crippen LogP contribution in [0.25, 0.3) is 11.0 Å². The van der Waals surface area contributed by atoms with Gasteiger partial charge in [0.25, 0.3) is 0 Å². The molecular formula is C18H23NO4. The fourth-order valence-electron chi connectivity index (χ4n) is 3.08. The highest BCUT2D eigenvalue weighted by Crippen LogP contribution is 2.22. The van der Waals surface area contributed by atoms with Crippen LogP contribution in [-0.2, 0) is 0 Å². The quantitative estimate of drug-likeness (QED) is 0.858. The van der Waals surface area contributed by atoms with E-state index in [1.54, 1.807) is 6.07 Å². The molecule has 0 aliphatic carbocycles. The Morgan fingerprint density at radius 2 is 2.04 bits per heavy atom. The van der Waals surface area contributed by atoms with E-state index in [4.69, 9.17) is 9.15 Å². The van der Waals surface area contributed by atoms with E-state index in [1.807, 2.05) is 19.1 Å². The van der Waals surface area contributed by atoms with E-state index in [1.165, 1.54) is 25.3 Å². The molecule has 23 heavy (non-hydrogen) atoms. The van der Waals surface area contributed by atoms with Crippen LogP contribution in [0.15, 0.2) is 33.5 Å². The molecule has 1 aliphatic rings. The number of hydrogen-bond donors (Lipinski definition) is 1. The van der Waals surface area contributed by atoms with Gasteiger partial charge in [0.2, 0.25) is 0 Å². The van der Waals surface area contributed by atoms with Gasteiger partial charge in [-0.25, -0.2) is 4.79 Å². The third kappa shape index (κ3) is 4.12. The van der Waals surface area contributed by atoms with Crippen molar-refractivity contribution in [2.24, 2.45) is 0 Å². The maximum absolute atomic E-state index is 11.5. The molecule has 5 nitrogen and oxygen atoms in total. The van der Waals surface area contributed by atoms with Crippen molar-refractivity contribution in [3.63, 3.8) is 0 Å². The first-order valence-electron chi connectivity index (χ1n) is 8.19. The third-order valence-electron chi connectivity index (χ3n) is 4.28. The second-order valence-corrected chi connectivity index (χ2v) is 6.23. The molecule has 1 aliphatic heterocycles. The van der Waals surface area contributed by atoms with Gasteiger partial charge in [0.15, 0.2) is 0 Å². The molecule has 1 N–H and O–H groups in total. The maximum atomic E-state index is 11.5. The van der Waals surface area contributed by atoms with Crippen molar-refractivity contribution in [1.82, 2.24) is 4.90 Å². The van der Waals surface area contributed by atoms with Gasteiger partial charge in [0, 0.05) is 24.1 Å². The van der Waals surface area contributed by atoms with Gasteiger partial charge in [-0.05, 0) is 50.6 Å².